The quantitative estimate of drug-likeness (QED) is 0.774. The highest BCUT2D eigenvalue weighted by atomic mass is 16.3. The second kappa shape index (κ2) is 7.10. The Labute approximate surface area is 166 Å². The molecule has 1 amide bonds. The first-order valence-electron chi connectivity index (χ1n) is 11.1. The molecule has 1 aromatic rings. The molecular formula is C21H33N5O2. The van der Waals surface area contributed by atoms with Gasteiger partial charge >= 0.3 is 0 Å². The fraction of sp³-hybridized carbons (Fsp3) is 0.857. The van der Waals surface area contributed by atoms with Crippen LogP contribution in [0.5, 0.6) is 0 Å². The lowest BCUT2D eigenvalue weighted by molar-refractivity contribution is -0.156. The van der Waals surface area contributed by atoms with E-state index in [1.54, 1.807) is 6.33 Å². The number of hydrogen-bond acceptors (Lipinski definition) is 5. The molecule has 1 aliphatic heterocycles. The molecule has 0 spiro atoms. The lowest BCUT2D eigenvalue weighted by atomic mass is 9.46. The molecule has 1 saturated heterocycles. The van der Waals surface area contributed by atoms with Crippen molar-refractivity contribution in [2.75, 3.05) is 26.2 Å². The van der Waals surface area contributed by atoms with Gasteiger partial charge in [-0.1, -0.05) is 6.42 Å². The lowest BCUT2D eigenvalue weighted by Gasteiger charge is -2.60. The third-order valence-electron chi connectivity index (χ3n) is 8.06. The zero-order valence-corrected chi connectivity index (χ0v) is 16.7. The second-order valence-corrected chi connectivity index (χ2v) is 9.93. The number of carbonyl (C=O) groups is 1. The van der Waals surface area contributed by atoms with Crippen molar-refractivity contribution in [1.29, 1.82) is 0 Å². The van der Waals surface area contributed by atoms with Gasteiger partial charge in [0.15, 0.2) is 0 Å². The summed E-state index contributed by atoms with van der Waals surface area (Å²) >= 11 is 0. The number of nitrogens with one attached hydrogen (secondary N) is 1. The fourth-order valence-electron chi connectivity index (χ4n) is 7.26. The van der Waals surface area contributed by atoms with E-state index < -0.39 is 0 Å². The monoisotopic (exact) mass is 387 g/mol. The highest BCUT2D eigenvalue weighted by Gasteiger charge is 2.61. The fourth-order valence-corrected chi connectivity index (χ4v) is 7.26. The zero-order chi connectivity index (χ0) is 19.2. The van der Waals surface area contributed by atoms with E-state index in [-0.39, 0.29) is 29.5 Å². The van der Waals surface area contributed by atoms with Crippen LogP contribution in [0, 0.1) is 17.3 Å². The Bertz CT molecular complexity index is 692. The third kappa shape index (κ3) is 3.07. The summed E-state index contributed by atoms with van der Waals surface area (Å²) in [5.74, 6) is 1.53. The van der Waals surface area contributed by atoms with Gasteiger partial charge in [-0.2, -0.15) is 5.10 Å². The average Bonchev–Trinajstić information content (AvgIpc) is 3.23. The number of aromatic nitrogens is 3. The van der Waals surface area contributed by atoms with E-state index in [4.69, 9.17) is 0 Å². The van der Waals surface area contributed by atoms with Crippen LogP contribution in [0.25, 0.3) is 0 Å². The summed E-state index contributed by atoms with van der Waals surface area (Å²) in [5.41, 5.74) is -0.235. The van der Waals surface area contributed by atoms with Crippen molar-refractivity contribution < 1.29 is 9.90 Å². The minimum atomic E-state index is -0.228. The Hall–Kier alpha value is -1.47. The van der Waals surface area contributed by atoms with Crippen molar-refractivity contribution in [3.63, 3.8) is 0 Å². The topological polar surface area (TPSA) is 83.3 Å². The Morgan fingerprint density at radius 3 is 2.75 bits per heavy atom. The van der Waals surface area contributed by atoms with E-state index in [0.717, 1.165) is 51.6 Å². The molecule has 5 fully saturated rings. The second-order valence-electron chi connectivity index (χ2n) is 9.93. The molecule has 3 unspecified atom stereocenters. The summed E-state index contributed by atoms with van der Waals surface area (Å²) in [6.07, 6.45) is 13.5. The van der Waals surface area contributed by atoms with Crippen molar-refractivity contribution >= 4 is 5.91 Å². The first kappa shape index (κ1) is 18.6. The van der Waals surface area contributed by atoms with E-state index in [0.29, 0.717) is 18.4 Å². The maximum absolute atomic E-state index is 13.4. The number of amides is 1. The van der Waals surface area contributed by atoms with Crippen molar-refractivity contribution in [3.05, 3.63) is 12.7 Å². The summed E-state index contributed by atoms with van der Waals surface area (Å²) < 4.78 is 2.06. The van der Waals surface area contributed by atoms with Gasteiger partial charge < -0.3 is 10.4 Å². The van der Waals surface area contributed by atoms with Gasteiger partial charge in [0.05, 0.1) is 17.6 Å². The average molecular weight is 388 g/mol. The largest absolute Gasteiger partial charge is 0.395 e. The highest BCUT2D eigenvalue weighted by Crippen LogP contribution is 2.64. The molecule has 5 aliphatic rings. The van der Waals surface area contributed by atoms with Gasteiger partial charge in [0.1, 0.15) is 12.7 Å². The van der Waals surface area contributed by atoms with Gasteiger partial charge in [-0.25, -0.2) is 9.67 Å². The highest BCUT2D eigenvalue weighted by molar-refractivity contribution is 5.83. The molecule has 4 saturated carbocycles. The zero-order valence-electron chi connectivity index (χ0n) is 16.7. The number of rotatable bonds is 6. The predicted octanol–water partition coefficient (Wildman–Crippen LogP) is 1.54. The number of nitrogens with zero attached hydrogens (tertiary/aromatic N) is 4. The van der Waals surface area contributed by atoms with Crippen LogP contribution < -0.4 is 5.32 Å². The maximum Gasteiger partial charge on any atom is 0.226 e. The number of piperidine rings is 1. The molecule has 6 rings (SSSR count). The van der Waals surface area contributed by atoms with Crippen LogP contribution in [0.15, 0.2) is 12.7 Å². The Balaban J connectivity index is 1.26. The molecule has 0 radical (unpaired) electrons. The van der Waals surface area contributed by atoms with Crippen LogP contribution in [0.2, 0.25) is 0 Å². The van der Waals surface area contributed by atoms with Gasteiger partial charge in [-0.3, -0.25) is 9.69 Å². The normalized spacial score (nSPS) is 40.0. The van der Waals surface area contributed by atoms with E-state index >= 15 is 0 Å². The van der Waals surface area contributed by atoms with Crippen LogP contribution >= 0.6 is 0 Å². The Morgan fingerprint density at radius 2 is 2.04 bits per heavy atom. The van der Waals surface area contributed by atoms with E-state index in [9.17, 15) is 9.90 Å². The van der Waals surface area contributed by atoms with Gasteiger partial charge in [0.25, 0.3) is 0 Å². The Morgan fingerprint density at radius 1 is 1.21 bits per heavy atom. The number of hydrogen-bond donors (Lipinski definition) is 2. The smallest absolute Gasteiger partial charge is 0.226 e. The van der Waals surface area contributed by atoms with Gasteiger partial charge in [-0.15, -0.1) is 0 Å². The third-order valence-corrected chi connectivity index (χ3v) is 8.06. The summed E-state index contributed by atoms with van der Waals surface area (Å²) in [5, 5.41) is 17.4. The summed E-state index contributed by atoms with van der Waals surface area (Å²) in [6.45, 7) is 2.78. The number of aliphatic hydroxyl groups is 1. The molecule has 4 bridgehead atoms. The maximum atomic E-state index is 13.4. The predicted molar refractivity (Wildman–Crippen MR) is 104 cm³/mol. The molecule has 4 aliphatic carbocycles. The summed E-state index contributed by atoms with van der Waals surface area (Å²) in [4.78, 5) is 19.9. The molecule has 1 aromatic heterocycles. The molecule has 7 nitrogen and oxygen atoms in total. The van der Waals surface area contributed by atoms with Crippen molar-refractivity contribution in [1.82, 2.24) is 25.0 Å². The minimum Gasteiger partial charge on any atom is -0.395 e. The van der Waals surface area contributed by atoms with Crippen molar-refractivity contribution in [3.8, 4) is 0 Å². The molecule has 2 N–H and O–H groups in total. The van der Waals surface area contributed by atoms with E-state index in [1.165, 1.54) is 19.3 Å². The minimum absolute atomic E-state index is 0.00717. The number of likely N-dealkylation sites (tertiary alicyclic amines) is 1. The molecule has 2 heterocycles. The van der Waals surface area contributed by atoms with Crippen LogP contribution in [-0.4, -0.2) is 63.0 Å². The molecular weight excluding hydrogens is 354 g/mol. The molecule has 7 heteroatoms. The van der Waals surface area contributed by atoms with Gasteiger partial charge in [0, 0.05) is 19.1 Å². The number of aliphatic hydroxyl groups excluding tert-OH is 1. The Kier molecular flexibility index (Phi) is 4.70. The molecule has 28 heavy (non-hydrogen) atoms. The van der Waals surface area contributed by atoms with Gasteiger partial charge in [-0.05, 0) is 69.7 Å². The van der Waals surface area contributed by atoms with Gasteiger partial charge in [0.2, 0.25) is 5.91 Å². The first-order valence-corrected chi connectivity index (χ1v) is 11.1. The standard InChI is InChI=1S/C21H33N5O2/c27-12-18-3-1-2-5-25(18)6-4-23-19(28)20-8-16-7-17(9-20)11-21(10-16,13-20)26-15-22-14-24-26/h14-18,27H,1-13H2,(H,23,28). The first-order chi connectivity index (χ1) is 13.6. The summed E-state index contributed by atoms with van der Waals surface area (Å²) in [6, 6.07) is 0.265. The molecule has 3 atom stereocenters. The van der Waals surface area contributed by atoms with Crippen LogP contribution in [0.3, 0.4) is 0 Å². The SMILES string of the molecule is O=C(NCCN1CCCCC1CO)C12CC3CC(C1)CC(n1cncn1)(C3)C2. The van der Waals surface area contributed by atoms with Crippen LogP contribution in [0.1, 0.15) is 57.8 Å². The van der Waals surface area contributed by atoms with Crippen LogP contribution in [-0.2, 0) is 10.3 Å². The molecule has 0 aromatic carbocycles. The van der Waals surface area contributed by atoms with E-state index in [2.05, 4.69) is 25.0 Å². The number of carbonyl (C=O) groups excluding carboxylic acids is 1. The van der Waals surface area contributed by atoms with Crippen molar-refractivity contribution in [2.45, 2.75) is 69.4 Å². The van der Waals surface area contributed by atoms with E-state index in [1.807, 2.05) is 6.33 Å². The van der Waals surface area contributed by atoms with Crippen LogP contribution in [0.4, 0.5) is 0 Å². The van der Waals surface area contributed by atoms with Crippen molar-refractivity contribution in [2.24, 2.45) is 17.3 Å². The lowest BCUT2D eigenvalue weighted by Crippen LogP contribution is -2.61. The summed E-state index contributed by atoms with van der Waals surface area (Å²) in [7, 11) is 0. The molecule has 154 valence electrons.